The first-order valence-corrected chi connectivity index (χ1v) is 4.45. The van der Waals surface area contributed by atoms with E-state index in [9.17, 15) is 4.79 Å². The summed E-state index contributed by atoms with van der Waals surface area (Å²) in [4.78, 5) is 11.8. The smallest absolute Gasteiger partial charge is 0.372 e. The van der Waals surface area contributed by atoms with Gasteiger partial charge in [0.15, 0.2) is 0 Å². The third kappa shape index (κ3) is 2.96. The molecule has 0 amide bonds. The minimum absolute atomic E-state index is 0.260. The van der Waals surface area contributed by atoms with Gasteiger partial charge in [0.2, 0.25) is 0 Å². The maximum Gasteiger partial charge on any atom is 0.372 e. The standard InChI is InChI=1S/C9H9O2S/c1-2-11-9(10)12-8-6-4-3-5-7-8/h4-7H,2H2,1H3. The monoisotopic (exact) mass is 181 g/mol. The summed E-state index contributed by atoms with van der Waals surface area (Å²) in [7, 11) is 0. The molecule has 0 saturated carbocycles. The van der Waals surface area contributed by atoms with E-state index >= 15 is 0 Å². The van der Waals surface area contributed by atoms with Crippen LogP contribution >= 0.6 is 11.8 Å². The lowest BCUT2D eigenvalue weighted by molar-refractivity contribution is 0.181. The van der Waals surface area contributed by atoms with Gasteiger partial charge in [0.25, 0.3) is 0 Å². The number of rotatable bonds is 2. The van der Waals surface area contributed by atoms with E-state index in [0.29, 0.717) is 6.61 Å². The second-order valence-corrected chi connectivity index (χ2v) is 3.03. The van der Waals surface area contributed by atoms with Gasteiger partial charge < -0.3 is 4.74 Å². The maximum absolute atomic E-state index is 10.9. The van der Waals surface area contributed by atoms with Crippen molar-refractivity contribution < 1.29 is 9.53 Å². The Morgan fingerprint density at radius 2 is 2.25 bits per heavy atom. The maximum atomic E-state index is 10.9. The zero-order valence-corrected chi connectivity index (χ0v) is 7.56. The highest BCUT2D eigenvalue weighted by Crippen LogP contribution is 2.18. The van der Waals surface area contributed by atoms with Crippen molar-refractivity contribution in [3.63, 3.8) is 0 Å². The molecule has 0 unspecified atom stereocenters. The fourth-order valence-corrected chi connectivity index (χ4v) is 1.32. The molecule has 0 aromatic heterocycles. The van der Waals surface area contributed by atoms with Crippen molar-refractivity contribution >= 4 is 17.1 Å². The van der Waals surface area contributed by atoms with Crippen LogP contribution < -0.4 is 0 Å². The van der Waals surface area contributed by atoms with Gasteiger partial charge >= 0.3 is 5.30 Å². The van der Waals surface area contributed by atoms with Gasteiger partial charge in [0, 0.05) is 4.90 Å². The molecule has 0 heterocycles. The van der Waals surface area contributed by atoms with E-state index in [1.807, 2.05) is 12.1 Å². The molecule has 3 heteroatoms. The molecule has 0 spiro atoms. The number of carbonyl (C=O) groups excluding carboxylic acids is 1. The van der Waals surface area contributed by atoms with Gasteiger partial charge in [-0.25, -0.2) is 4.79 Å². The van der Waals surface area contributed by atoms with Crippen LogP contribution in [0.2, 0.25) is 0 Å². The van der Waals surface area contributed by atoms with Crippen LogP contribution in [-0.4, -0.2) is 11.9 Å². The predicted octanol–water partition coefficient (Wildman–Crippen LogP) is 2.74. The lowest BCUT2D eigenvalue weighted by Gasteiger charge is -1.99. The summed E-state index contributed by atoms with van der Waals surface area (Å²) >= 11 is 1.09. The largest absolute Gasteiger partial charge is 0.458 e. The van der Waals surface area contributed by atoms with E-state index < -0.39 is 0 Å². The summed E-state index contributed by atoms with van der Waals surface area (Å²) in [5.74, 6) is 0. The molecule has 1 aromatic carbocycles. The Morgan fingerprint density at radius 3 is 2.83 bits per heavy atom. The first kappa shape index (κ1) is 9.13. The van der Waals surface area contributed by atoms with Gasteiger partial charge in [-0.1, -0.05) is 12.1 Å². The molecular formula is C9H9O2S. The molecule has 0 atom stereocenters. The second kappa shape index (κ2) is 4.83. The minimum Gasteiger partial charge on any atom is -0.458 e. The Morgan fingerprint density at radius 1 is 1.58 bits per heavy atom. The van der Waals surface area contributed by atoms with Crippen molar-refractivity contribution in [3.05, 3.63) is 30.3 Å². The molecule has 0 aliphatic heterocycles. The van der Waals surface area contributed by atoms with Crippen molar-refractivity contribution in [3.8, 4) is 0 Å². The molecule has 1 aromatic rings. The van der Waals surface area contributed by atoms with Crippen molar-refractivity contribution in [2.45, 2.75) is 11.8 Å². The SMILES string of the molecule is CCOC(=O)Sc1cc[c]cc1. The van der Waals surface area contributed by atoms with Gasteiger partial charge in [-0.15, -0.1) is 0 Å². The fourth-order valence-electron chi connectivity index (χ4n) is 0.683. The Labute approximate surface area is 75.9 Å². The number of carbonyl (C=O) groups is 1. The zero-order valence-electron chi connectivity index (χ0n) is 6.74. The molecular weight excluding hydrogens is 172 g/mol. The molecule has 0 aliphatic rings. The Bertz CT molecular complexity index is 246. The average Bonchev–Trinajstić information content (AvgIpc) is 2.06. The Kier molecular flexibility index (Phi) is 3.67. The van der Waals surface area contributed by atoms with Crippen molar-refractivity contribution in [2.75, 3.05) is 6.61 Å². The zero-order chi connectivity index (χ0) is 8.81. The highest BCUT2D eigenvalue weighted by molar-refractivity contribution is 8.13. The summed E-state index contributed by atoms with van der Waals surface area (Å²) in [5, 5.41) is -0.260. The molecule has 0 N–H and O–H groups in total. The van der Waals surface area contributed by atoms with Crippen molar-refractivity contribution in [1.82, 2.24) is 0 Å². The van der Waals surface area contributed by atoms with E-state index in [4.69, 9.17) is 4.74 Å². The number of hydrogen-bond donors (Lipinski definition) is 0. The number of ether oxygens (including phenoxy) is 1. The summed E-state index contributed by atoms with van der Waals surface area (Å²) in [6.07, 6.45) is 0. The molecule has 0 aliphatic carbocycles. The van der Waals surface area contributed by atoms with E-state index in [0.717, 1.165) is 16.7 Å². The Hall–Kier alpha value is -0.960. The van der Waals surface area contributed by atoms with E-state index in [1.165, 1.54) is 0 Å². The molecule has 2 nitrogen and oxygen atoms in total. The lowest BCUT2D eigenvalue weighted by atomic mass is 10.4. The van der Waals surface area contributed by atoms with E-state index in [2.05, 4.69) is 6.07 Å². The van der Waals surface area contributed by atoms with Crippen LogP contribution in [0, 0.1) is 6.07 Å². The molecule has 1 rings (SSSR count). The van der Waals surface area contributed by atoms with Gasteiger partial charge in [0.05, 0.1) is 6.61 Å². The Balaban J connectivity index is 2.47. The summed E-state index contributed by atoms with van der Waals surface area (Å²) < 4.78 is 4.76. The molecule has 0 saturated heterocycles. The molecule has 63 valence electrons. The van der Waals surface area contributed by atoms with Gasteiger partial charge in [-0.05, 0) is 36.9 Å². The van der Waals surface area contributed by atoms with Crippen LogP contribution in [-0.2, 0) is 4.74 Å². The quantitative estimate of drug-likeness (QED) is 0.518. The predicted molar refractivity (Wildman–Crippen MR) is 48.2 cm³/mol. The van der Waals surface area contributed by atoms with Crippen molar-refractivity contribution in [1.29, 1.82) is 0 Å². The van der Waals surface area contributed by atoms with Crippen molar-refractivity contribution in [2.24, 2.45) is 0 Å². The average molecular weight is 181 g/mol. The lowest BCUT2D eigenvalue weighted by Crippen LogP contribution is -1.95. The first-order valence-electron chi connectivity index (χ1n) is 3.63. The fraction of sp³-hybridized carbons (Fsp3) is 0.222. The number of hydrogen-bond acceptors (Lipinski definition) is 3. The number of thioether (sulfide) groups is 1. The third-order valence-electron chi connectivity index (χ3n) is 1.15. The highest BCUT2D eigenvalue weighted by atomic mass is 32.2. The van der Waals surface area contributed by atoms with E-state index in [-0.39, 0.29) is 5.30 Å². The highest BCUT2D eigenvalue weighted by Gasteiger charge is 2.02. The normalized spacial score (nSPS) is 9.42. The van der Waals surface area contributed by atoms with Gasteiger partial charge in [-0.2, -0.15) is 0 Å². The van der Waals surface area contributed by atoms with Crippen LogP contribution in [0.15, 0.2) is 29.2 Å². The summed E-state index contributed by atoms with van der Waals surface area (Å²) in [6.45, 7) is 2.21. The third-order valence-corrected chi connectivity index (χ3v) is 1.94. The van der Waals surface area contributed by atoms with Crippen LogP contribution in [0.4, 0.5) is 4.79 Å². The van der Waals surface area contributed by atoms with Gasteiger partial charge in [-0.3, -0.25) is 0 Å². The van der Waals surface area contributed by atoms with Crippen LogP contribution in [0.5, 0.6) is 0 Å². The topological polar surface area (TPSA) is 26.3 Å². The van der Waals surface area contributed by atoms with E-state index in [1.54, 1.807) is 19.1 Å². The second-order valence-electron chi connectivity index (χ2n) is 2.02. The van der Waals surface area contributed by atoms with Crippen LogP contribution in [0.1, 0.15) is 6.92 Å². The van der Waals surface area contributed by atoms with Crippen LogP contribution in [0.3, 0.4) is 0 Å². The van der Waals surface area contributed by atoms with Crippen LogP contribution in [0.25, 0.3) is 0 Å². The molecule has 1 radical (unpaired) electrons. The minimum atomic E-state index is -0.260. The number of benzene rings is 1. The van der Waals surface area contributed by atoms with Gasteiger partial charge in [0.1, 0.15) is 0 Å². The molecule has 0 bridgehead atoms. The first-order chi connectivity index (χ1) is 5.83. The summed E-state index contributed by atoms with van der Waals surface area (Å²) in [6, 6.07) is 10.0. The molecule has 12 heavy (non-hydrogen) atoms. The molecule has 0 fully saturated rings. The summed E-state index contributed by atoms with van der Waals surface area (Å²) in [5.41, 5.74) is 0.